The van der Waals surface area contributed by atoms with Crippen molar-refractivity contribution in [1.82, 2.24) is 9.80 Å². The van der Waals surface area contributed by atoms with E-state index >= 15 is 0 Å². The number of unbranched alkanes of at least 4 members (excludes halogenated alkanes) is 1. The molecule has 1 aliphatic rings. The van der Waals surface area contributed by atoms with Crippen LogP contribution in [0.5, 0.6) is 0 Å². The Balaban J connectivity index is 1.85. The maximum absolute atomic E-state index is 12.7. The van der Waals surface area contributed by atoms with Crippen LogP contribution in [-0.4, -0.2) is 61.5 Å². The molecule has 4 nitrogen and oxygen atoms in total. The van der Waals surface area contributed by atoms with Crippen LogP contribution in [0.15, 0.2) is 30.3 Å². The van der Waals surface area contributed by atoms with Gasteiger partial charge in [0.2, 0.25) is 5.91 Å². The van der Waals surface area contributed by atoms with E-state index in [0.29, 0.717) is 12.3 Å². The van der Waals surface area contributed by atoms with Gasteiger partial charge in [-0.1, -0.05) is 31.5 Å². The summed E-state index contributed by atoms with van der Waals surface area (Å²) in [7, 11) is 0. The highest BCUT2D eigenvalue weighted by atomic mass is 16.2. The summed E-state index contributed by atoms with van der Waals surface area (Å²) in [6.45, 7) is 11.5. The molecule has 2 rings (SSSR count). The van der Waals surface area contributed by atoms with Crippen LogP contribution in [0.4, 0.5) is 5.69 Å². The Kier molecular flexibility index (Phi) is 9.54. The molecule has 1 aromatic rings. The van der Waals surface area contributed by atoms with Crippen LogP contribution in [0.2, 0.25) is 0 Å². The molecule has 0 N–H and O–H groups in total. The first-order valence-electron chi connectivity index (χ1n) is 10.5. The van der Waals surface area contributed by atoms with Gasteiger partial charge in [0.05, 0.1) is 0 Å². The van der Waals surface area contributed by atoms with Crippen molar-refractivity contribution in [3.05, 3.63) is 30.3 Å². The Morgan fingerprint density at radius 3 is 2.38 bits per heavy atom. The summed E-state index contributed by atoms with van der Waals surface area (Å²) in [6.07, 6.45) is 6.53. The van der Waals surface area contributed by atoms with Crippen molar-refractivity contribution in [2.75, 3.05) is 50.7 Å². The third-order valence-electron chi connectivity index (χ3n) is 5.34. The first-order valence-corrected chi connectivity index (χ1v) is 10.5. The number of carbonyl (C=O) groups is 1. The highest BCUT2D eigenvalue weighted by Gasteiger charge is 2.16. The molecule has 146 valence electrons. The van der Waals surface area contributed by atoms with Crippen molar-refractivity contribution >= 4 is 11.6 Å². The molecule has 26 heavy (non-hydrogen) atoms. The Labute approximate surface area is 160 Å². The zero-order chi connectivity index (χ0) is 18.6. The number of rotatable bonds is 12. The first-order chi connectivity index (χ1) is 12.7. The van der Waals surface area contributed by atoms with Crippen LogP contribution in [0.25, 0.3) is 0 Å². The number of hydrogen-bond donors (Lipinski definition) is 0. The molecule has 0 spiro atoms. The van der Waals surface area contributed by atoms with Gasteiger partial charge in [0.1, 0.15) is 0 Å². The lowest BCUT2D eigenvalue weighted by molar-refractivity contribution is -0.131. The molecular weight excluding hydrogens is 322 g/mol. The maximum Gasteiger partial charge on any atom is 0.222 e. The Morgan fingerprint density at radius 2 is 1.73 bits per heavy atom. The Bertz CT molecular complexity index is 499. The molecule has 1 heterocycles. The molecule has 0 bridgehead atoms. The van der Waals surface area contributed by atoms with Gasteiger partial charge in [0.25, 0.3) is 0 Å². The van der Waals surface area contributed by atoms with Gasteiger partial charge in [-0.3, -0.25) is 4.79 Å². The zero-order valence-electron chi connectivity index (χ0n) is 16.8. The molecule has 1 aromatic carbocycles. The Hall–Kier alpha value is -1.55. The molecule has 0 radical (unpaired) electrons. The van der Waals surface area contributed by atoms with Gasteiger partial charge < -0.3 is 14.7 Å². The van der Waals surface area contributed by atoms with Crippen molar-refractivity contribution < 1.29 is 4.79 Å². The number of benzene rings is 1. The lowest BCUT2D eigenvalue weighted by Crippen LogP contribution is -2.40. The second-order valence-corrected chi connectivity index (χ2v) is 7.30. The van der Waals surface area contributed by atoms with E-state index in [2.05, 4.69) is 58.9 Å². The summed E-state index contributed by atoms with van der Waals surface area (Å²) in [4.78, 5) is 19.7. The summed E-state index contributed by atoms with van der Waals surface area (Å²) in [5.74, 6) is 0.331. The van der Waals surface area contributed by atoms with Crippen molar-refractivity contribution in [2.45, 2.75) is 52.4 Å². The highest BCUT2D eigenvalue weighted by Crippen LogP contribution is 2.13. The van der Waals surface area contributed by atoms with Crippen molar-refractivity contribution in [3.8, 4) is 0 Å². The molecule has 1 saturated heterocycles. The maximum atomic E-state index is 12.7. The monoisotopic (exact) mass is 359 g/mol. The fraction of sp³-hybridized carbons (Fsp3) is 0.682. The summed E-state index contributed by atoms with van der Waals surface area (Å²) in [5, 5.41) is 0. The molecule has 0 atom stereocenters. The largest absolute Gasteiger partial charge is 0.370 e. The smallest absolute Gasteiger partial charge is 0.222 e. The lowest BCUT2D eigenvalue weighted by atomic mass is 10.2. The van der Waals surface area contributed by atoms with Crippen LogP contribution < -0.4 is 4.90 Å². The van der Waals surface area contributed by atoms with Gasteiger partial charge in [0, 0.05) is 38.3 Å². The highest BCUT2D eigenvalue weighted by molar-refractivity contribution is 5.76. The van der Waals surface area contributed by atoms with Crippen LogP contribution in [-0.2, 0) is 4.79 Å². The molecule has 1 amide bonds. The van der Waals surface area contributed by atoms with Gasteiger partial charge in [-0.05, 0) is 64.4 Å². The molecule has 1 aliphatic heterocycles. The number of amides is 1. The summed E-state index contributed by atoms with van der Waals surface area (Å²) < 4.78 is 0. The average Bonchev–Trinajstić information content (AvgIpc) is 3.19. The summed E-state index contributed by atoms with van der Waals surface area (Å²) in [5.41, 5.74) is 1.24. The Morgan fingerprint density at radius 1 is 1.00 bits per heavy atom. The number of likely N-dealkylation sites (N-methyl/N-ethyl adjacent to an activating group) is 1. The minimum atomic E-state index is 0.331. The second kappa shape index (κ2) is 11.9. The number of likely N-dealkylation sites (tertiary alicyclic amines) is 1. The van der Waals surface area contributed by atoms with Crippen molar-refractivity contribution in [1.29, 1.82) is 0 Å². The predicted molar refractivity (Wildman–Crippen MR) is 111 cm³/mol. The number of nitrogens with zero attached hydrogens (tertiary/aromatic N) is 3. The number of anilines is 1. The fourth-order valence-electron chi connectivity index (χ4n) is 3.69. The van der Waals surface area contributed by atoms with Crippen molar-refractivity contribution in [2.24, 2.45) is 0 Å². The van der Waals surface area contributed by atoms with E-state index in [9.17, 15) is 4.79 Å². The van der Waals surface area contributed by atoms with Gasteiger partial charge in [-0.15, -0.1) is 0 Å². The van der Waals surface area contributed by atoms with E-state index in [1.54, 1.807) is 0 Å². The third kappa shape index (κ3) is 6.99. The lowest BCUT2D eigenvalue weighted by Gasteiger charge is -2.29. The zero-order valence-corrected chi connectivity index (χ0v) is 16.8. The van der Waals surface area contributed by atoms with E-state index in [4.69, 9.17) is 0 Å². The number of hydrogen-bond acceptors (Lipinski definition) is 3. The molecule has 0 unspecified atom stereocenters. The second-order valence-electron chi connectivity index (χ2n) is 7.30. The van der Waals surface area contributed by atoms with Crippen LogP contribution >= 0.6 is 0 Å². The van der Waals surface area contributed by atoms with Gasteiger partial charge in [-0.25, -0.2) is 0 Å². The number of para-hydroxylation sites is 1. The number of carbonyl (C=O) groups excluding carboxylic acids is 1. The standard InChI is InChI=1S/C22H37N3O/c1-3-5-14-22(26)25(18-11-17-23-15-9-10-16-23)20-19-24(4-2)21-12-7-6-8-13-21/h6-8,12-13H,3-5,9-11,14-20H2,1-2H3. The minimum Gasteiger partial charge on any atom is -0.370 e. The fourth-order valence-corrected chi connectivity index (χ4v) is 3.69. The minimum absolute atomic E-state index is 0.331. The van der Waals surface area contributed by atoms with E-state index < -0.39 is 0 Å². The predicted octanol–water partition coefficient (Wildman–Crippen LogP) is 4.02. The molecule has 4 heteroatoms. The topological polar surface area (TPSA) is 26.8 Å². The van der Waals surface area contributed by atoms with Gasteiger partial charge >= 0.3 is 0 Å². The van der Waals surface area contributed by atoms with Crippen LogP contribution in [0.3, 0.4) is 0 Å². The van der Waals surface area contributed by atoms with Gasteiger partial charge in [0.15, 0.2) is 0 Å². The summed E-state index contributed by atoms with van der Waals surface area (Å²) >= 11 is 0. The molecule has 0 saturated carbocycles. The van der Waals surface area contributed by atoms with Crippen LogP contribution in [0.1, 0.15) is 52.4 Å². The van der Waals surface area contributed by atoms with E-state index in [-0.39, 0.29) is 0 Å². The molecule has 0 aromatic heterocycles. The van der Waals surface area contributed by atoms with Crippen LogP contribution in [0, 0.1) is 0 Å². The molecule has 1 fully saturated rings. The van der Waals surface area contributed by atoms with E-state index in [1.165, 1.54) is 31.6 Å². The quantitative estimate of drug-likeness (QED) is 0.564. The normalized spacial score (nSPS) is 14.5. The van der Waals surface area contributed by atoms with E-state index in [1.807, 2.05) is 0 Å². The average molecular weight is 360 g/mol. The SMILES string of the molecule is CCCCC(=O)N(CCCN1CCCC1)CCN(CC)c1ccccc1. The van der Waals surface area contributed by atoms with Gasteiger partial charge in [-0.2, -0.15) is 0 Å². The van der Waals surface area contributed by atoms with Crippen molar-refractivity contribution in [3.63, 3.8) is 0 Å². The summed E-state index contributed by atoms with van der Waals surface area (Å²) in [6, 6.07) is 10.5. The third-order valence-corrected chi connectivity index (χ3v) is 5.34. The van der Waals surface area contributed by atoms with E-state index in [0.717, 1.165) is 52.0 Å². The molecular formula is C22H37N3O. The molecule has 0 aliphatic carbocycles. The first kappa shape index (κ1) is 20.8.